The molecule has 0 bridgehead atoms. The van der Waals surface area contributed by atoms with Gasteiger partial charge in [-0.1, -0.05) is 81.4 Å². The molecule has 35 heavy (non-hydrogen) atoms. The lowest BCUT2D eigenvalue weighted by Crippen LogP contribution is -2.68. The van der Waals surface area contributed by atoms with Crippen molar-refractivity contribution in [3.05, 3.63) is 60.7 Å². The van der Waals surface area contributed by atoms with Crippen LogP contribution in [-0.4, -0.2) is 56.0 Å². The fourth-order valence-electron chi connectivity index (χ4n) is 4.59. The number of imide groups is 1. The minimum Gasteiger partial charge on any atom is -0.467 e. The predicted molar refractivity (Wildman–Crippen MR) is 136 cm³/mol. The molecule has 0 aromatic heterocycles. The van der Waals surface area contributed by atoms with Gasteiger partial charge in [-0.15, -0.1) is 0 Å². The van der Waals surface area contributed by atoms with Gasteiger partial charge in [0.2, 0.25) is 0 Å². The summed E-state index contributed by atoms with van der Waals surface area (Å²) < 4.78 is 17.3. The zero-order chi connectivity index (χ0) is 26.0. The van der Waals surface area contributed by atoms with Gasteiger partial charge in [0.1, 0.15) is 17.7 Å². The molecule has 1 fully saturated rings. The lowest BCUT2D eigenvalue weighted by atomic mass is 10.2. The number of benzene rings is 2. The number of hydrogen-bond donors (Lipinski definition) is 0. The maximum atomic E-state index is 13.6. The third kappa shape index (κ3) is 5.33. The molecule has 0 saturated carbocycles. The fraction of sp³-hybridized carbons (Fsp3) is 0.444. The molecule has 1 heterocycles. The van der Waals surface area contributed by atoms with Crippen LogP contribution in [0.4, 0.5) is 4.79 Å². The molecule has 0 spiro atoms. The number of hydrogen-bond acceptors (Lipinski definition) is 6. The molecule has 188 valence electrons. The predicted octanol–water partition coefficient (Wildman–Crippen LogP) is 3.64. The molecule has 2 atom stereocenters. The minimum atomic E-state index is -3.09. The van der Waals surface area contributed by atoms with E-state index in [1.54, 1.807) is 20.8 Å². The first-order chi connectivity index (χ1) is 16.3. The molecular weight excluding hydrogens is 462 g/mol. The highest BCUT2D eigenvalue weighted by Crippen LogP contribution is 2.39. The topological polar surface area (TPSA) is 82.1 Å². The molecule has 0 radical (unpaired) electrons. The molecule has 3 rings (SSSR count). The van der Waals surface area contributed by atoms with Crippen LogP contribution in [0.1, 0.15) is 48.0 Å². The van der Waals surface area contributed by atoms with E-state index < -0.39 is 44.0 Å². The van der Waals surface area contributed by atoms with E-state index >= 15 is 0 Å². The molecule has 0 N–H and O–H groups in total. The third-order valence-electron chi connectivity index (χ3n) is 6.06. The Bertz CT molecular complexity index is 1020. The average molecular weight is 498 g/mol. The highest BCUT2D eigenvalue weighted by atomic mass is 28.4. The molecule has 1 saturated heterocycles. The van der Waals surface area contributed by atoms with E-state index in [2.05, 4.69) is 20.8 Å². The number of rotatable bonds is 5. The summed E-state index contributed by atoms with van der Waals surface area (Å²) in [6, 6.07) is 18.7. The number of amides is 2. The Hall–Kier alpha value is -2.97. The van der Waals surface area contributed by atoms with Crippen LogP contribution in [0.3, 0.4) is 0 Å². The van der Waals surface area contributed by atoms with Crippen molar-refractivity contribution in [3.8, 4) is 0 Å². The van der Waals surface area contributed by atoms with Gasteiger partial charge < -0.3 is 13.9 Å². The molecule has 8 heteroatoms. The van der Waals surface area contributed by atoms with Gasteiger partial charge in [-0.2, -0.15) is 0 Å². The van der Waals surface area contributed by atoms with Crippen molar-refractivity contribution >= 4 is 36.7 Å². The van der Waals surface area contributed by atoms with Gasteiger partial charge >= 0.3 is 12.1 Å². The van der Waals surface area contributed by atoms with Crippen molar-refractivity contribution in [2.75, 3.05) is 7.11 Å². The molecule has 7 nitrogen and oxygen atoms in total. The lowest BCUT2D eigenvalue weighted by molar-refractivity contribution is -0.149. The van der Waals surface area contributed by atoms with Gasteiger partial charge in [-0.25, -0.2) is 14.5 Å². The molecule has 1 aliphatic heterocycles. The lowest BCUT2D eigenvalue weighted by Gasteiger charge is -2.44. The Kier molecular flexibility index (Phi) is 7.57. The van der Waals surface area contributed by atoms with Crippen molar-refractivity contribution < 1.29 is 28.3 Å². The second kappa shape index (κ2) is 9.95. The SMILES string of the molecule is COC(=O)[C@@H]1C[C@@H](O[Si](c2ccccc2)(c2ccccc2)C(C)(C)C)C(=O)N1C(=O)OC(C)(C)C. The van der Waals surface area contributed by atoms with Crippen LogP contribution in [0.5, 0.6) is 0 Å². The minimum absolute atomic E-state index is 0.00472. The molecular formula is C27H35NO6Si. The van der Waals surface area contributed by atoms with Crippen LogP contribution in [0.2, 0.25) is 5.04 Å². The summed E-state index contributed by atoms with van der Waals surface area (Å²) in [5.41, 5.74) is -0.838. The zero-order valence-electron chi connectivity index (χ0n) is 21.5. The maximum Gasteiger partial charge on any atom is 0.417 e. The number of nitrogens with zero attached hydrogens (tertiary/aromatic N) is 1. The molecule has 2 amide bonds. The van der Waals surface area contributed by atoms with Gasteiger partial charge in [0.15, 0.2) is 0 Å². The number of methoxy groups -OCH3 is 1. The van der Waals surface area contributed by atoms with E-state index in [4.69, 9.17) is 13.9 Å². The summed E-state index contributed by atoms with van der Waals surface area (Å²) in [5, 5.41) is 1.62. The van der Waals surface area contributed by atoms with Crippen LogP contribution >= 0.6 is 0 Å². The summed E-state index contributed by atoms with van der Waals surface area (Å²) in [7, 11) is -1.86. The smallest absolute Gasteiger partial charge is 0.417 e. The second-order valence-electron chi connectivity index (χ2n) is 10.7. The Balaban J connectivity index is 2.12. The summed E-state index contributed by atoms with van der Waals surface area (Å²) >= 11 is 0. The van der Waals surface area contributed by atoms with Crippen molar-refractivity contribution in [1.29, 1.82) is 0 Å². The summed E-state index contributed by atoms with van der Waals surface area (Å²) in [5.74, 6) is -1.28. The number of carbonyl (C=O) groups excluding carboxylic acids is 3. The van der Waals surface area contributed by atoms with E-state index in [9.17, 15) is 14.4 Å². The number of carbonyl (C=O) groups is 3. The standard InChI is InChI=1S/C27H35NO6Si/c1-26(2,3)33-25(31)28-21(24(30)32-7)18-22(23(28)29)34-35(27(4,5)6,19-14-10-8-11-15-19)20-16-12-9-13-17-20/h8-17,21-22H,18H2,1-7H3/t21-,22+/m0/s1. The van der Waals surface area contributed by atoms with Crippen molar-refractivity contribution in [2.45, 2.75) is 70.7 Å². The van der Waals surface area contributed by atoms with Crippen molar-refractivity contribution in [2.24, 2.45) is 0 Å². The molecule has 2 aromatic rings. The summed E-state index contributed by atoms with van der Waals surface area (Å²) in [6.07, 6.45) is -1.90. The number of ether oxygens (including phenoxy) is 2. The Morgan fingerprint density at radius 1 is 0.886 bits per heavy atom. The Morgan fingerprint density at radius 2 is 1.37 bits per heavy atom. The second-order valence-corrected chi connectivity index (χ2v) is 15.0. The van der Waals surface area contributed by atoms with E-state index in [-0.39, 0.29) is 11.5 Å². The normalized spacial score (nSPS) is 18.9. The van der Waals surface area contributed by atoms with Gasteiger partial charge in [0.05, 0.1) is 7.11 Å². The monoisotopic (exact) mass is 497 g/mol. The van der Waals surface area contributed by atoms with Crippen LogP contribution in [0.25, 0.3) is 0 Å². The van der Waals surface area contributed by atoms with Gasteiger partial charge in [0, 0.05) is 6.42 Å². The Labute approximate surface area is 208 Å². The van der Waals surface area contributed by atoms with E-state index in [0.717, 1.165) is 15.3 Å². The summed E-state index contributed by atoms with van der Waals surface area (Å²) in [6.45, 7) is 11.4. The first-order valence-corrected chi connectivity index (χ1v) is 13.7. The largest absolute Gasteiger partial charge is 0.467 e. The molecule has 0 aliphatic carbocycles. The number of likely N-dealkylation sites (tertiary alicyclic amines) is 1. The van der Waals surface area contributed by atoms with E-state index in [1.807, 2.05) is 60.7 Å². The Morgan fingerprint density at radius 3 is 1.77 bits per heavy atom. The van der Waals surface area contributed by atoms with Crippen LogP contribution in [-0.2, 0) is 23.5 Å². The van der Waals surface area contributed by atoms with Crippen LogP contribution in [0, 0.1) is 0 Å². The van der Waals surface area contributed by atoms with Crippen LogP contribution < -0.4 is 10.4 Å². The highest BCUT2D eigenvalue weighted by Gasteiger charge is 2.57. The van der Waals surface area contributed by atoms with E-state index in [1.165, 1.54) is 7.11 Å². The summed E-state index contributed by atoms with van der Waals surface area (Å²) in [4.78, 5) is 40.1. The van der Waals surface area contributed by atoms with Crippen LogP contribution in [0.15, 0.2) is 60.7 Å². The molecule has 1 aliphatic rings. The van der Waals surface area contributed by atoms with Gasteiger partial charge in [0.25, 0.3) is 14.2 Å². The van der Waals surface area contributed by atoms with Gasteiger partial charge in [-0.05, 0) is 36.2 Å². The first kappa shape index (κ1) is 26.6. The molecule has 2 aromatic carbocycles. The first-order valence-electron chi connectivity index (χ1n) is 11.7. The van der Waals surface area contributed by atoms with Crippen molar-refractivity contribution in [1.82, 2.24) is 4.90 Å². The quantitative estimate of drug-likeness (QED) is 0.463. The maximum absolute atomic E-state index is 13.6. The van der Waals surface area contributed by atoms with E-state index in [0.29, 0.717) is 0 Å². The van der Waals surface area contributed by atoms with Crippen molar-refractivity contribution in [3.63, 3.8) is 0 Å². The molecule has 0 unspecified atom stereocenters. The number of esters is 1. The van der Waals surface area contributed by atoms with Gasteiger partial charge in [-0.3, -0.25) is 4.79 Å². The average Bonchev–Trinajstić information content (AvgIpc) is 3.12. The highest BCUT2D eigenvalue weighted by molar-refractivity contribution is 6.99. The third-order valence-corrected chi connectivity index (χ3v) is 11.1. The fourth-order valence-corrected chi connectivity index (χ4v) is 9.23. The zero-order valence-corrected chi connectivity index (χ0v) is 22.5.